The van der Waals surface area contributed by atoms with Crippen LogP contribution in [0.25, 0.3) is 0 Å². The van der Waals surface area contributed by atoms with E-state index < -0.39 is 5.91 Å². The summed E-state index contributed by atoms with van der Waals surface area (Å²) in [6.07, 6.45) is 3.60. The highest BCUT2D eigenvalue weighted by molar-refractivity contribution is 6.07. The second-order valence-electron chi connectivity index (χ2n) is 7.19. The Labute approximate surface area is 137 Å². The predicted octanol–water partition coefficient (Wildman–Crippen LogP) is 4.82. The van der Waals surface area contributed by atoms with Crippen molar-refractivity contribution in [3.8, 4) is 6.07 Å². The van der Waals surface area contributed by atoms with Gasteiger partial charge in [-0.2, -0.15) is 5.26 Å². The molecule has 0 bridgehead atoms. The van der Waals surface area contributed by atoms with Crippen LogP contribution in [-0.4, -0.2) is 5.91 Å². The zero-order chi connectivity index (χ0) is 17.0. The number of halogens is 1. The maximum atomic E-state index is 12.9. The lowest BCUT2D eigenvalue weighted by atomic mass is 9.71. The zero-order valence-corrected chi connectivity index (χ0v) is 13.9. The Morgan fingerprint density at radius 3 is 2.26 bits per heavy atom. The van der Waals surface area contributed by atoms with Gasteiger partial charge in [-0.25, -0.2) is 4.39 Å². The van der Waals surface area contributed by atoms with E-state index in [4.69, 9.17) is 0 Å². The van der Waals surface area contributed by atoms with Crippen LogP contribution >= 0.6 is 0 Å². The van der Waals surface area contributed by atoms with Crippen LogP contribution < -0.4 is 5.32 Å². The molecule has 1 saturated carbocycles. The van der Waals surface area contributed by atoms with Crippen LogP contribution in [0.5, 0.6) is 0 Å². The van der Waals surface area contributed by atoms with Crippen LogP contribution in [-0.2, 0) is 4.79 Å². The highest BCUT2D eigenvalue weighted by Crippen LogP contribution is 2.40. The van der Waals surface area contributed by atoms with Crippen molar-refractivity contribution in [2.75, 3.05) is 5.32 Å². The minimum atomic E-state index is -0.400. The Kier molecular flexibility index (Phi) is 5.20. The van der Waals surface area contributed by atoms with Crippen LogP contribution in [0, 0.1) is 28.5 Å². The number of hydrogen-bond acceptors (Lipinski definition) is 2. The fraction of sp³-hybridized carbons (Fsp3) is 0.474. The van der Waals surface area contributed by atoms with E-state index in [0.29, 0.717) is 11.6 Å². The average molecular weight is 314 g/mol. The number of nitriles is 1. The van der Waals surface area contributed by atoms with Gasteiger partial charge in [-0.1, -0.05) is 20.8 Å². The molecular weight excluding hydrogens is 291 g/mol. The normalized spacial score (nSPS) is 18.2. The van der Waals surface area contributed by atoms with Crippen molar-refractivity contribution in [3.63, 3.8) is 0 Å². The Hall–Kier alpha value is -2.15. The minimum Gasteiger partial charge on any atom is -0.321 e. The van der Waals surface area contributed by atoms with E-state index in [2.05, 4.69) is 32.2 Å². The predicted molar refractivity (Wildman–Crippen MR) is 89.1 cm³/mol. The summed E-state index contributed by atoms with van der Waals surface area (Å²) in [5, 5.41) is 12.0. The first-order valence-corrected chi connectivity index (χ1v) is 8.00. The number of hydrogen-bond donors (Lipinski definition) is 1. The molecule has 0 heterocycles. The van der Waals surface area contributed by atoms with Gasteiger partial charge in [0.15, 0.2) is 0 Å². The molecule has 0 spiro atoms. The van der Waals surface area contributed by atoms with Crippen molar-refractivity contribution in [3.05, 3.63) is 41.2 Å². The SMILES string of the molecule is CC(C)(C)C1CCC(=C(C#N)C(=O)Nc2ccc(F)cc2)CC1. The van der Waals surface area contributed by atoms with Gasteiger partial charge in [-0.15, -0.1) is 0 Å². The van der Waals surface area contributed by atoms with E-state index in [0.717, 1.165) is 31.3 Å². The molecule has 1 N–H and O–H groups in total. The summed E-state index contributed by atoms with van der Waals surface area (Å²) in [5.41, 5.74) is 1.90. The molecule has 1 aromatic carbocycles. The summed E-state index contributed by atoms with van der Waals surface area (Å²) >= 11 is 0. The molecule has 0 radical (unpaired) electrons. The molecule has 1 aromatic rings. The van der Waals surface area contributed by atoms with Crippen molar-refractivity contribution < 1.29 is 9.18 Å². The zero-order valence-electron chi connectivity index (χ0n) is 13.9. The number of nitrogens with zero attached hydrogens (tertiary/aromatic N) is 1. The number of allylic oxidation sites excluding steroid dienone is 1. The number of carbonyl (C=O) groups is 1. The lowest BCUT2D eigenvalue weighted by Crippen LogP contribution is -2.25. The first-order valence-electron chi connectivity index (χ1n) is 8.00. The standard InChI is InChI=1S/C19H23FN2O/c1-19(2,3)14-6-4-13(5-7-14)17(12-21)18(23)22-16-10-8-15(20)9-11-16/h8-11,14H,4-7H2,1-3H3,(H,22,23). The van der Waals surface area contributed by atoms with Crippen LogP contribution in [0.4, 0.5) is 10.1 Å². The Morgan fingerprint density at radius 2 is 1.78 bits per heavy atom. The second-order valence-corrected chi connectivity index (χ2v) is 7.19. The molecule has 0 aliphatic heterocycles. The molecule has 1 aliphatic rings. The van der Waals surface area contributed by atoms with Crippen molar-refractivity contribution >= 4 is 11.6 Å². The van der Waals surface area contributed by atoms with Gasteiger partial charge in [0.2, 0.25) is 0 Å². The molecule has 0 aromatic heterocycles. The molecule has 4 heteroatoms. The third-order valence-corrected chi connectivity index (χ3v) is 4.61. The number of carbonyl (C=O) groups excluding carboxylic acids is 1. The highest BCUT2D eigenvalue weighted by Gasteiger charge is 2.29. The Bertz CT molecular complexity index is 637. The van der Waals surface area contributed by atoms with E-state index >= 15 is 0 Å². The number of anilines is 1. The fourth-order valence-corrected chi connectivity index (χ4v) is 3.10. The van der Waals surface area contributed by atoms with E-state index in [1.807, 2.05) is 0 Å². The molecule has 1 amide bonds. The van der Waals surface area contributed by atoms with Crippen molar-refractivity contribution in [1.29, 1.82) is 5.26 Å². The lowest BCUT2D eigenvalue weighted by Gasteiger charge is -2.35. The summed E-state index contributed by atoms with van der Waals surface area (Å²) in [5.74, 6) is -0.142. The largest absolute Gasteiger partial charge is 0.321 e. The smallest absolute Gasteiger partial charge is 0.266 e. The summed E-state index contributed by atoms with van der Waals surface area (Å²) in [4.78, 5) is 12.3. The van der Waals surface area contributed by atoms with Gasteiger partial charge in [0, 0.05) is 5.69 Å². The molecule has 23 heavy (non-hydrogen) atoms. The molecule has 122 valence electrons. The molecule has 3 nitrogen and oxygen atoms in total. The lowest BCUT2D eigenvalue weighted by molar-refractivity contribution is -0.112. The molecule has 0 saturated heterocycles. The quantitative estimate of drug-likeness (QED) is 0.628. The topological polar surface area (TPSA) is 52.9 Å². The van der Waals surface area contributed by atoms with Crippen molar-refractivity contribution in [2.45, 2.75) is 46.5 Å². The van der Waals surface area contributed by atoms with E-state index in [-0.39, 0.29) is 16.8 Å². The minimum absolute atomic E-state index is 0.210. The van der Waals surface area contributed by atoms with Gasteiger partial charge in [0.1, 0.15) is 17.5 Å². The monoisotopic (exact) mass is 314 g/mol. The molecule has 0 unspecified atom stereocenters. The third-order valence-electron chi connectivity index (χ3n) is 4.61. The van der Waals surface area contributed by atoms with E-state index in [9.17, 15) is 14.4 Å². The molecule has 1 fully saturated rings. The molecule has 1 aliphatic carbocycles. The first-order chi connectivity index (χ1) is 10.8. The Balaban J connectivity index is 2.09. The first kappa shape index (κ1) is 17.2. The number of rotatable bonds is 2. The van der Waals surface area contributed by atoms with Crippen LogP contribution in [0.15, 0.2) is 35.4 Å². The highest BCUT2D eigenvalue weighted by atomic mass is 19.1. The van der Waals surface area contributed by atoms with Crippen LogP contribution in [0.1, 0.15) is 46.5 Å². The van der Waals surface area contributed by atoms with Gasteiger partial charge in [-0.3, -0.25) is 4.79 Å². The summed E-state index contributed by atoms with van der Waals surface area (Å²) < 4.78 is 12.9. The van der Waals surface area contributed by atoms with Crippen molar-refractivity contribution in [1.82, 2.24) is 0 Å². The fourth-order valence-electron chi connectivity index (χ4n) is 3.10. The van der Waals surface area contributed by atoms with Crippen molar-refractivity contribution in [2.24, 2.45) is 11.3 Å². The number of nitrogens with one attached hydrogen (secondary N) is 1. The van der Waals surface area contributed by atoms with E-state index in [1.54, 1.807) is 0 Å². The molecule has 2 rings (SSSR count). The summed E-state index contributed by atoms with van der Waals surface area (Å²) in [6.45, 7) is 6.70. The van der Waals surface area contributed by atoms with Gasteiger partial charge >= 0.3 is 0 Å². The van der Waals surface area contributed by atoms with Gasteiger partial charge in [0.05, 0.1) is 0 Å². The van der Waals surface area contributed by atoms with Gasteiger partial charge < -0.3 is 5.32 Å². The van der Waals surface area contributed by atoms with Gasteiger partial charge in [-0.05, 0) is 66.9 Å². The number of benzene rings is 1. The maximum absolute atomic E-state index is 12.9. The van der Waals surface area contributed by atoms with E-state index in [1.165, 1.54) is 24.3 Å². The Morgan fingerprint density at radius 1 is 1.22 bits per heavy atom. The van der Waals surface area contributed by atoms with Crippen LogP contribution in [0.2, 0.25) is 0 Å². The maximum Gasteiger partial charge on any atom is 0.266 e. The molecular formula is C19H23FN2O. The summed E-state index contributed by atoms with van der Waals surface area (Å²) in [7, 11) is 0. The molecule has 0 atom stereocenters. The average Bonchev–Trinajstić information content (AvgIpc) is 2.50. The number of amides is 1. The van der Waals surface area contributed by atoms with Crippen LogP contribution in [0.3, 0.4) is 0 Å². The summed E-state index contributed by atoms with van der Waals surface area (Å²) in [6, 6.07) is 7.59. The third kappa shape index (κ3) is 4.41. The van der Waals surface area contributed by atoms with Gasteiger partial charge in [0.25, 0.3) is 5.91 Å². The second kappa shape index (κ2) is 6.95.